The summed E-state index contributed by atoms with van der Waals surface area (Å²) in [6, 6.07) is 5.83. The summed E-state index contributed by atoms with van der Waals surface area (Å²) in [6.45, 7) is 0.231. The smallest absolute Gasteiger partial charge is 0.272 e. The molecule has 0 unspecified atom stereocenters. The fraction of sp³-hybridized carbons (Fsp3) is 0.143. The number of nitrogens with one attached hydrogen (secondary N) is 2. The van der Waals surface area contributed by atoms with Gasteiger partial charge in [-0.05, 0) is 28.6 Å². The lowest BCUT2D eigenvalue weighted by Crippen LogP contribution is -2.27. The van der Waals surface area contributed by atoms with Crippen molar-refractivity contribution in [1.82, 2.24) is 45.3 Å². The summed E-state index contributed by atoms with van der Waals surface area (Å²) in [5.74, 6) is 0.329. The summed E-state index contributed by atoms with van der Waals surface area (Å²) in [7, 11) is 1.63. The number of hydrogen-bond acceptors (Lipinski definition) is 6. The molecule has 0 spiro atoms. The Labute approximate surface area is 139 Å². The van der Waals surface area contributed by atoms with Gasteiger partial charge in [0.1, 0.15) is 23.7 Å². The average molecular weight is 341 g/mol. The second-order valence-electron chi connectivity index (χ2n) is 5.40. The largest absolute Gasteiger partial charge is 0.340 e. The summed E-state index contributed by atoms with van der Waals surface area (Å²) in [4.78, 5) is 21.3. The summed E-state index contributed by atoms with van der Waals surface area (Å²) in [5, 5.41) is 17.4. The number of tetrazole rings is 1. The molecule has 3 aromatic heterocycles. The zero-order valence-electron chi connectivity index (χ0n) is 13.0. The lowest BCUT2D eigenvalue weighted by Gasteiger charge is -2.14. The molecule has 4 aromatic rings. The van der Waals surface area contributed by atoms with Crippen molar-refractivity contribution in [3.8, 4) is 5.82 Å². The van der Waals surface area contributed by atoms with E-state index in [1.54, 1.807) is 19.2 Å². The standard InChI is InChI=1S/C14H12FN9O/c1-23(6-12-17-9-3-2-8(15)4-10(9)18-12)14(25)11-5-13(20-19-11)24-7-16-21-22-24/h2-5,7H,6H2,1H3,(H,17,18)(H,19,20). The fourth-order valence-electron chi connectivity index (χ4n) is 2.42. The van der Waals surface area contributed by atoms with Crippen LogP contribution in [0.15, 0.2) is 30.6 Å². The van der Waals surface area contributed by atoms with E-state index >= 15 is 0 Å². The molecule has 0 atom stereocenters. The summed E-state index contributed by atoms with van der Waals surface area (Å²) >= 11 is 0. The number of hydrogen-bond donors (Lipinski definition) is 2. The van der Waals surface area contributed by atoms with Crippen molar-refractivity contribution in [2.45, 2.75) is 6.54 Å². The van der Waals surface area contributed by atoms with E-state index in [1.807, 2.05) is 0 Å². The first-order valence-electron chi connectivity index (χ1n) is 7.28. The van der Waals surface area contributed by atoms with E-state index in [1.165, 1.54) is 28.0 Å². The van der Waals surface area contributed by atoms with Crippen LogP contribution in [0.2, 0.25) is 0 Å². The maximum absolute atomic E-state index is 13.2. The molecule has 10 nitrogen and oxygen atoms in total. The van der Waals surface area contributed by atoms with Crippen molar-refractivity contribution in [2.75, 3.05) is 7.05 Å². The molecule has 0 fully saturated rings. The van der Waals surface area contributed by atoms with Gasteiger partial charge in [-0.1, -0.05) is 0 Å². The first kappa shape index (κ1) is 14.9. The van der Waals surface area contributed by atoms with Gasteiger partial charge in [-0.15, -0.1) is 5.10 Å². The van der Waals surface area contributed by atoms with Crippen LogP contribution in [0.1, 0.15) is 16.3 Å². The number of nitrogens with zero attached hydrogens (tertiary/aromatic N) is 7. The van der Waals surface area contributed by atoms with Crippen molar-refractivity contribution in [3.63, 3.8) is 0 Å². The molecule has 0 aliphatic rings. The molecule has 1 aromatic carbocycles. The number of halogens is 1. The molecule has 0 aliphatic carbocycles. The Morgan fingerprint density at radius 3 is 3.04 bits per heavy atom. The van der Waals surface area contributed by atoms with E-state index < -0.39 is 0 Å². The Morgan fingerprint density at radius 1 is 1.36 bits per heavy atom. The van der Waals surface area contributed by atoms with Crippen LogP contribution in [-0.4, -0.2) is 58.2 Å². The highest BCUT2D eigenvalue weighted by molar-refractivity contribution is 5.92. The van der Waals surface area contributed by atoms with Crippen LogP contribution in [-0.2, 0) is 6.54 Å². The third-order valence-corrected chi connectivity index (χ3v) is 3.61. The van der Waals surface area contributed by atoms with Crippen LogP contribution in [0.4, 0.5) is 4.39 Å². The molecule has 11 heteroatoms. The van der Waals surface area contributed by atoms with Gasteiger partial charge in [0.15, 0.2) is 5.82 Å². The van der Waals surface area contributed by atoms with Crippen molar-refractivity contribution in [3.05, 3.63) is 47.9 Å². The van der Waals surface area contributed by atoms with Crippen LogP contribution >= 0.6 is 0 Å². The van der Waals surface area contributed by atoms with Crippen molar-refractivity contribution < 1.29 is 9.18 Å². The topological polar surface area (TPSA) is 121 Å². The molecule has 0 saturated carbocycles. The summed E-state index contributed by atoms with van der Waals surface area (Å²) < 4.78 is 14.6. The molecule has 4 rings (SSSR count). The number of aromatic amines is 2. The molecule has 2 N–H and O–H groups in total. The fourth-order valence-corrected chi connectivity index (χ4v) is 2.42. The van der Waals surface area contributed by atoms with Gasteiger partial charge in [0, 0.05) is 13.1 Å². The van der Waals surface area contributed by atoms with E-state index in [-0.39, 0.29) is 24.0 Å². The van der Waals surface area contributed by atoms with Gasteiger partial charge >= 0.3 is 0 Å². The summed E-state index contributed by atoms with van der Waals surface area (Å²) in [5.41, 5.74) is 1.51. The quantitative estimate of drug-likeness (QED) is 0.563. The summed E-state index contributed by atoms with van der Waals surface area (Å²) in [6.07, 6.45) is 1.38. The Hall–Kier alpha value is -3.63. The van der Waals surface area contributed by atoms with E-state index in [9.17, 15) is 9.18 Å². The number of H-pyrrole nitrogens is 2. The highest BCUT2D eigenvalue weighted by Crippen LogP contribution is 2.14. The minimum Gasteiger partial charge on any atom is -0.340 e. The van der Waals surface area contributed by atoms with Crippen molar-refractivity contribution >= 4 is 16.9 Å². The Kier molecular flexibility index (Phi) is 3.45. The third-order valence-electron chi connectivity index (χ3n) is 3.61. The van der Waals surface area contributed by atoms with Crippen LogP contribution in [0.5, 0.6) is 0 Å². The molecule has 3 heterocycles. The molecule has 126 valence electrons. The van der Waals surface area contributed by atoms with Gasteiger partial charge in [-0.25, -0.2) is 9.37 Å². The normalized spacial score (nSPS) is 11.1. The third kappa shape index (κ3) is 2.82. The number of rotatable bonds is 4. The Balaban J connectivity index is 1.51. The number of benzene rings is 1. The van der Waals surface area contributed by atoms with Gasteiger partial charge in [0.25, 0.3) is 5.91 Å². The SMILES string of the molecule is CN(Cc1nc2ccc(F)cc2[nH]1)C(=O)c1cc(-n2cnnn2)n[nH]1. The van der Waals surface area contributed by atoms with Gasteiger partial charge < -0.3 is 9.88 Å². The first-order valence-corrected chi connectivity index (χ1v) is 7.28. The van der Waals surface area contributed by atoms with Crippen LogP contribution < -0.4 is 0 Å². The maximum Gasteiger partial charge on any atom is 0.272 e. The minimum absolute atomic E-state index is 0.231. The van der Waals surface area contributed by atoms with Gasteiger partial charge in [-0.2, -0.15) is 9.78 Å². The van der Waals surface area contributed by atoms with Gasteiger partial charge in [0.05, 0.1) is 17.6 Å². The molecule has 0 saturated heterocycles. The predicted octanol–water partition coefficient (Wildman–Crippen LogP) is 0.673. The second-order valence-corrected chi connectivity index (χ2v) is 5.40. The van der Waals surface area contributed by atoms with Crippen LogP contribution in [0.3, 0.4) is 0 Å². The molecule has 1 amide bonds. The molecular formula is C14H12FN9O. The lowest BCUT2D eigenvalue weighted by molar-refractivity contribution is 0.0776. The van der Waals surface area contributed by atoms with Crippen LogP contribution in [0.25, 0.3) is 16.9 Å². The maximum atomic E-state index is 13.2. The molecule has 0 radical (unpaired) electrons. The van der Waals surface area contributed by atoms with Crippen LogP contribution in [0, 0.1) is 5.82 Å². The zero-order chi connectivity index (χ0) is 17.4. The Bertz CT molecular complexity index is 1040. The predicted molar refractivity (Wildman–Crippen MR) is 83.1 cm³/mol. The Morgan fingerprint density at radius 2 is 2.24 bits per heavy atom. The number of imidazole rings is 1. The highest BCUT2D eigenvalue weighted by Gasteiger charge is 2.17. The first-order chi connectivity index (χ1) is 12.1. The lowest BCUT2D eigenvalue weighted by atomic mass is 10.3. The number of carbonyl (C=O) groups excluding carboxylic acids is 1. The van der Waals surface area contributed by atoms with Crippen molar-refractivity contribution in [1.29, 1.82) is 0 Å². The van der Waals surface area contributed by atoms with Gasteiger partial charge in [-0.3, -0.25) is 9.89 Å². The number of amides is 1. The van der Waals surface area contributed by atoms with E-state index in [0.717, 1.165) is 0 Å². The second kappa shape index (κ2) is 5.78. The highest BCUT2D eigenvalue weighted by atomic mass is 19.1. The van der Waals surface area contributed by atoms with E-state index in [4.69, 9.17) is 0 Å². The molecule has 0 bridgehead atoms. The number of fused-ring (bicyclic) bond motifs is 1. The molecule has 0 aliphatic heterocycles. The average Bonchev–Trinajstić information content (AvgIpc) is 3.32. The molecular weight excluding hydrogens is 329 g/mol. The zero-order valence-corrected chi connectivity index (χ0v) is 13.0. The molecule has 25 heavy (non-hydrogen) atoms. The van der Waals surface area contributed by atoms with E-state index in [2.05, 4.69) is 35.7 Å². The van der Waals surface area contributed by atoms with Crippen molar-refractivity contribution in [2.24, 2.45) is 0 Å². The van der Waals surface area contributed by atoms with E-state index in [0.29, 0.717) is 22.7 Å². The van der Waals surface area contributed by atoms with Gasteiger partial charge in [0.2, 0.25) is 0 Å². The minimum atomic E-state index is -0.347. The monoisotopic (exact) mass is 341 g/mol. The number of aromatic nitrogens is 8. The number of carbonyl (C=O) groups is 1.